The predicted octanol–water partition coefficient (Wildman–Crippen LogP) is 4.94. The van der Waals surface area contributed by atoms with E-state index in [9.17, 15) is 0 Å². The summed E-state index contributed by atoms with van der Waals surface area (Å²) >= 11 is 1.45. The summed E-state index contributed by atoms with van der Waals surface area (Å²) in [6.45, 7) is 3.45. The molecule has 1 aromatic heterocycles. The second-order valence-corrected chi connectivity index (χ2v) is 6.71. The van der Waals surface area contributed by atoms with E-state index in [1.165, 1.54) is 16.9 Å². The van der Waals surface area contributed by atoms with Crippen LogP contribution in [0.3, 0.4) is 0 Å². The highest BCUT2D eigenvalue weighted by Gasteiger charge is 2.03. The molecule has 0 aliphatic rings. The Kier molecular flexibility index (Phi) is 5.90. The zero-order valence-electron chi connectivity index (χ0n) is 14.3. The quantitative estimate of drug-likeness (QED) is 0.582. The van der Waals surface area contributed by atoms with Crippen LogP contribution in [0.1, 0.15) is 18.4 Å². The number of thiazole rings is 1. The van der Waals surface area contributed by atoms with Crippen molar-refractivity contribution in [3.8, 4) is 22.8 Å². The van der Waals surface area contributed by atoms with Crippen molar-refractivity contribution >= 4 is 16.5 Å². The third kappa shape index (κ3) is 5.22. The Morgan fingerprint density at radius 3 is 2.32 bits per heavy atom. The molecule has 5 heteroatoms. The van der Waals surface area contributed by atoms with Crippen molar-refractivity contribution in [2.45, 2.75) is 19.8 Å². The molecule has 0 fully saturated rings. The van der Waals surface area contributed by atoms with E-state index in [2.05, 4.69) is 18.0 Å². The molecule has 0 aliphatic carbocycles. The monoisotopic (exact) mass is 354 g/mol. The molecule has 3 aromatic rings. The lowest BCUT2D eigenvalue weighted by molar-refractivity contribution is 0.266. The number of benzene rings is 2. The van der Waals surface area contributed by atoms with Gasteiger partial charge in [-0.1, -0.05) is 12.1 Å². The highest BCUT2D eigenvalue weighted by Crippen LogP contribution is 2.25. The lowest BCUT2D eigenvalue weighted by Crippen LogP contribution is -2.02. The maximum absolute atomic E-state index is 5.78. The molecule has 0 aliphatic heterocycles. The second kappa shape index (κ2) is 8.53. The molecule has 0 spiro atoms. The number of unbranched alkanes of at least 4 members (excludes halogenated alkanes) is 1. The summed E-state index contributed by atoms with van der Waals surface area (Å²) in [7, 11) is 0. The van der Waals surface area contributed by atoms with Crippen molar-refractivity contribution in [1.29, 1.82) is 0 Å². The molecule has 0 bridgehead atoms. The molecular formula is C20H22N2O2S. The molecule has 0 atom stereocenters. The SMILES string of the molecule is Cc1cccc(OCCCCOc2ccc(-c3csc(N)n3)cc2)c1. The normalized spacial score (nSPS) is 10.6. The van der Waals surface area contributed by atoms with E-state index >= 15 is 0 Å². The molecule has 130 valence electrons. The number of aryl methyl sites for hydroxylation is 1. The van der Waals surface area contributed by atoms with Gasteiger partial charge in [0.05, 0.1) is 18.9 Å². The van der Waals surface area contributed by atoms with Crippen LogP contribution in [0.15, 0.2) is 53.9 Å². The van der Waals surface area contributed by atoms with E-state index in [0.29, 0.717) is 18.3 Å². The molecule has 1 heterocycles. The van der Waals surface area contributed by atoms with E-state index in [-0.39, 0.29) is 0 Å². The molecule has 0 saturated carbocycles. The average Bonchev–Trinajstić information content (AvgIpc) is 3.05. The molecule has 3 rings (SSSR count). The van der Waals surface area contributed by atoms with E-state index < -0.39 is 0 Å². The molecule has 2 aromatic carbocycles. The molecule has 0 unspecified atom stereocenters. The Balaban J connectivity index is 1.36. The number of rotatable bonds is 8. The third-order valence-corrected chi connectivity index (χ3v) is 4.41. The first-order valence-electron chi connectivity index (χ1n) is 8.34. The Bertz CT molecular complexity index is 799. The minimum atomic E-state index is 0.586. The first-order valence-corrected chi connectivity index (χ1v) is 9.22. The number of ether oxygens (including phenoxy) is 2. The molecule has 4 nitrogen and oxygen atoms in total. The van der Waals surface area contributed by atoms with Crippen molar-refractivity contribution in [3.63, 3.8) is 0 Å². The molecule has 0 radical (unpaired) electrons. The number of nitrogens with zero attached hydrogens (tertiary/aromatic N) is 1. The van der Waals surface area contributed by atoms with Crippen LogP contribution in [0, 0.1) is 6.92 Å². The molecule has 0 saturated heterocycles. The van der Waals surface area contributed by atoms with Crippen LogP contribution in [-0.4, -0.2) is 18.2 Å². The topological polar surface area (TPSA) is 57.4 Å². The smallest absolute Gasteiger partial charge is 0.180 e. The zero-order chi connectivity index (χ0) is 17.5. The van der Waals surface area contributed by atoms with Gasteiger partial charge in [-0.2, -0.15) is 0 Å². The summed E-state index contributed by atoms with van der Waals surface area (Å²) < 4.78 is 11.5. The highest BCUT2D eigenvalue weighted by molar-refractivity contribution is 7.13. The van der Waals surface area contributed by atoms with Crippen LogP contribution in [-0.2, 0) is 0 Å². The van der Waals surface area contributed by atoms with Gasteiger partial charge in [-0.25, -0.2) is 4.98 Å². The van der Waals surface area contributed by atoms with Crippen LogP contribution < -0.4 is 15.2 Å². The summed E-state index contributed by atoms with van der Waals surface area (Å²) in [4.78, 5) is 4.28. The van der Waals surface area contributed by atoms with Crippen LogP contribution in [0.2, 0.25) is 0 Å². The largest absolute Gasteiger partial charge is 0.494 e. The predicted molar refractivity (Wildman–Crippen MR) is 103 cm³/mol. The summed E-state index contributed by atoms with van der Waals surface area (Å²) in [5.41, 5.74) is 8.83. The Morgan fingerprint density at radius 2 is 1.68 bits per heavy atom. The average molecular weight is 354 g/mol. The van der Waals surface area contributed by atoms with Crippen LogP contribution in [0.4, 0.5) is 5.13 Å². The third-order valence-electron chi connectivity index (χ3n) is 3.74. The van der Waals surface area contributed by atoms with E-state index in [0.717, 1.165) is 35.6 Å². The fraction of sp³-hybridized carbons (Fsp3) is 0.250. The summed E-state index contributed by atoms with van der Waals surface area (Å²) in [5.74, 6) is 1.80. The Morgan fingerprint density at radius 1 is 0.960 bits per heavy atom. The van der Waals surface area contributed by atoms with E-state index in [1.54, 1.807) is 0 Å². The number of hydrogen-bond donors (Lipinski definition) is 1. The minimum Gasteiger partial charge on any atom is -0.494 e. The van der Waals surface area contributed by atoms with E-state index in [1.807, 2.05) is 47.8 Å². The number of hydrogen-bond acceptors (Lipinski definition) is 5. The second-order valence-electron chi connectivity index (χ2n) is 5.82. The van der Waals surface area contributed by atoms with Gasteiger partial charge in [0.1, 0.15) is 11.5 Å². The minimum absolute atomic E-state index is 0.586. The van der Waals surface area contributed by atoms with Gasteiger partial charge in [-0.15, -0.1) is 11.3 Å². The first-order chi connectivity index (χ1) is 12.2. The first kappa shape index (κ1) is 17.3. The van der Waals surface area contributed by atoms with Gasteiger partial charge in [0, 0.05) is 10.9 Å². The van der Waals surface area contributed by atoms with Gasteiger partial charge in [-0.3, -0.25) is 0 Å². The highest BCUT2D eigenvalue weighted by atomic mass is 32.1. The van der Waals surface area contributed by atoms with Gasteiger partial charge in [0.25, 0.3) is 0 Å². The van der Waals surface area contributed by atoms with Gasteiger partial charge in [-0.05, 0) is 61.7 Å². The lowest BCUT2D eigenvalue weighted by Gasteiger charge is -2.08. The lowest BCUT2D eigenvalue weighted by atomic mass is 10.2. The number of nitrogen functional groups attached to an aromatic ring is 1. The molecular weight excluding hydrogens is 332 g/mol. The van der Waals surface area contributed by atoms with Crippen molar-refractivity contribution in [2.75, 3.05) is 18.9 Å². The Hall–Kier alpha value is -2.53. The van der Waals surface area contributed by atoms with Gasteiger partial charge >= 0.3 is 0 Å². The van der Waals surface area contributed by atoms with Crippen LogP contribution in [0.25, 0.3) is 11.3 Å². The molecule has 0 amide bonds. The van der Waals surface area contributed by atoms with Gasteiger partial charge in [0.15, 0.2) is 5.13 Å². The standard InChI is InChI=1S/C20H22N2O2S/c1-15-5-4-6-18(13-15)24-12-3-2-11-23-17-9-7-16(8-10-17)19-14-25-20(21)22-19/h4-10,13-14H,2-3,11-12H2,1H3,(H2,21,22). The zero-order valence-corrected chi connectivity index (χ0v) is 15.1. The van der Waals surface area contributed by atoms with Crippen molar-refractivity contribution in [2.24, 2.45) is 0 Å². The van der Waals surface area contributed by atoms with Gasteiger partial charge in [0.2, 0.25) is 0 Å². The number of anilines is 1. The fourth-order valence-corrected chi connectivity index (χ4v) is 3.00. The fourth-order valence-electron chi connectivity index (χ4n) is 2.43. The van der Waals surface area contributed by atoms with Crippen molar-refractivity contribution < 1.29 is 9.47 Å². The molecule has 25 heavy (non-hydrogen) atoms. The van der Waals surface area contributed by atoms with Crippen molar-refractivity contribution in [1.82, 2.24) is 4.98 Å². The summed E-state index contributed by atoms with van der Waals surface area (Å²) in [6, 6.07) is 16.1. The molecule has 2 N–H and O–H groups in total. The maximum Gasteiger partial charge on any atom is 0.180 e. The number of nitrogens with two attached hydrogens (primary N) is 1. The van der Waals surface area contributed by atoms with Crippen LogP contribution in [0.5, 0.6) is 11.5 Å². The van der Waals surface area contributed by atoms with Gasteiger partial charge < -0.3 is 15.2 Å². The maximum atomic E-state index is 5.78. The van der Waals surface area contributed by atoms with Crippen molar-refractivity contribution in [3.05, 3.63) is 59.5 Å². The summed E-state index contributed by atoms with van der Waals surface area (Å²) in [5, 5.41) is 2.54. The van der Waals surface area contributed by atoms with E-state index in [4.69, 9.17) is 15.2 Å². The van der Waals surface area contributed by atoms with Crippen LogP contribution >= 0.6 is 11.3 Å². The summed E-state index contributed by atoms with van der Waals surface area (Å²) in [6.07, 6.45) is 1.92. The number of aromatic nitrogens is 1. The Labute approximate surface area is 152 Å².